The molecule has 4 aliphatic rings. The van der Waals surface area contributed by atoms with Crippen LogP contribution in [0.5, 0.6) is 0 Å². The monoisotopic (exact) mass is 994 g/mol. The van der Waals surface area contributed by atoms with Gasteiger partial charge in [-0.15, -0.1) is 0 Å². The number of anilines is 3. The Morgan fingerprint density at radius 1 is 0.286 bits per heavy atom. The second-order valence-corrected chi connectivity index (χ2v) is 24.2. The van der Waals surface area contributed by atoms with E-state index < -0.39 is 0 Å². The molecular weight excluding hydrogens is 927 g/mol. The molecule has 376 valence electrons. The lowest BCUT2D eigenvalue weighted by molar-refractivity contribution is 0.658. The van der Waals surface area contributed by atoms with Gasteiger partial charge in [0, 0.05) is 38.7 Å². The van der Waals surface area contributed by atoms with Crippen LogP contribution in [-0.4, -0.2) is 0 Å². The first-order valence-corrected chi connectivity index (χ1v) is 27.7. The normalized spacial score (nSPS) is 15.5. The third-order valence-electron chi connectivity index (χ3n) is 18.1. The number of hydrogen-bond donors (Lipinski definition) is 0. The van der Waals surface area contributed by atoms with Crippen LogP contribution >= 0.6 is 0 Å². The van der Waals surface area contributed by atoms with Crippen LogP contribution in [0, 0.1) is 6.92 Å². The molecule has 0 atom stereocenters. The molecule has 1 nitrogen and oxygen atoms in total. The first-order chi connectivity index (χ1) is 37.1. The van der Waals surface area contributed by atoms with Gasteiger partial charge < -0.3 is 4.90 Å². The Morgan fingerprint density at radius 3 is 0.935 bits per heavy atom. The summed E-state index contributed by atoms with van der Waals surface area (Å²) in [5, 5.41) is 0. The van der Waals surface area contributed by atoms with E-state index in [0.717, 1.165) is 12.1 Å². The lowest BCUT2D eigenvalue weighted by Crippen LogP contribution is -2.18. The highest BCUT2D eigenvalue weighted by atomic mass is 15.1. The molecule has 0 bridgehead atoms. The second kappa shape index (κ2) is 17.9. The van der Waals surface area contributed by atoms with Gasteiger partial charge >= 0.3 is 0 Å². The summed E-state index contributed by atoms with van der Waals surface area (Å²) in [5.74, 6) is 0. The van der Waals surface area contributed by atoms with Crippen molar-refractivity contribution in [2.45, 2.75) is 90.4 Å². The standard InChI is InChI=1S/C45H39N.C31H28/c1-30-14-16-31(17-15-30)18-19-32-20-22-33(23-21-32)46(34-24-26-38-36-10-6-8-12-40(36)44(2,3)42(38)28-34)35-25-27-39-37-11-7-9-13-41(37)45(4,5)43(39)29-35;1-30(2)26-11-7-5-9-22(26)24-15-13-20(18-28(24)30)17-21-14-16-25-23-10-6-8-12-27(23)31(3,4)29(25)19-21/h6-29H,1-5H3;5-16,18-19H,17H2,1-4H3/b19-18+;. The summed E-state index contributed by atoms with van der Waals surface area (Å²) in [4.78, 5) is 2.44. The molecule has 0 saturated carbocycles. The SMILES string of the molecule is CC1(C)c2ccccc2-c2ccc(Cc3ccc4c(c3)C(C)(C)c3ccccc3-4)cc21.Cc1ccc(/C=C/c2ccc(N(c3ccc4c(c3)C(C)(C)c3ccccc3-4)c3ccc4c(c3)C(C)(C)c3ccccc3-4)cc2)cc1. The van der Waals surface area contributed by atoms with Gasteiger partial charge in [0.05, 0.1) is 0 Å². The fourth-order valence-electron chi connectivity index (χ4n) is 13.7. The van der Waals surface area contributed by atoms with E-state index in [1.165, 1.54) is 128 Å². The van der Waals surface area contributed by atoms with Crippen LogP contribution in [0.3, 0.4) is 0 Å². The fourth-order valence-corrected chi connectivity index (χ4v) is 13.7. The third-order valence-corrected chi connectivity index (χ3v) is 18.1. The molecule has 1 heteroatoms. The van der Waals surface area contributed by atoms with Crippen molar-refractivity contribution >= 4 is 29.2 Å². The molecule has 0 heterocycles. The maximum absolute atomic E-state index is 2.45. The fraction of sp³-hybridized carbons (Fsp3) is 0.184. The summed E-state index contributed by atoms with van der Waals surface area (Å²) in [6, 6.07) is 81.5. The van der Waals surface area contributed by atoms with Gasteiger partial charge in [-0.25, -0.2) is 0 Å². The predicted octanol–water partition coefficient (Wildman–Crippen LogP) is 20.1. The minimum atomic E-state index is -0.0696. The molecule has 0 spiro atoms. The van der Waals surface area contributed by atoms with Crippen molar-refractivity contribution in [1.82, 2.24) is 0 Å². The summed E-state index contributed by atoms with van der Waals surface area (Å²) in [6.45, 7) is 21.0. The number of aryl methyl sites for hydroxylation is 1. The van der Waals surface area contributed by atoms with E-state index in [1.807, 2.05) is 0 Å². The first-order valence-electron chi connectivity index (χ1n) is 27.7. The van der Waals surface area contributed by atoms with E-state index in [-0.39, 0.29) is 21.7 Å². The predicted molar refractivity (Wildman–Crippen MR) is 327 cm³/mol. The second-order valence-electron chi connectivity index (χ2n) is 24.2. The molecule has 4 aliphatic carbocycles. The molecular formula is C76H67N. The zero-order valence-corrected chi connectivity index (χ0v) is 46.1. The van der Waals surface area contributed by atoms with Crippen LogP contribution in [0.25, 0.3) is 56.7 Å². The van der Waals surface area contributed by atoms with Gasteiger partial charge in [0.25, 0.3) is 0 Å². The van der Waals surface area contributed by atoms with E-state index >= 15 is 0 Å². The Hall–Kier alpha value is -8.26. The Bertz CT molecular complexity index is 3790. The van der Waals surface area contributed by atoms with Crippen molar-refractivity contribution in [2.24, 2.45) is 0 Å². The smallest absolute Gasteiger partial charge is 0.0465 e. The minimum Gasteiger partial charge on any atom is -0.310 e. The summed E-state index contributed by atoms with van der Waals surface area (Å²) in [6.07, 6.45) is 5.36. The van der Waals surface area contributed by atoms with Crippen LogP contribution in [-0.2, 0) is 28.1 Å². The van der Waals surface area contributed by atoms with E-state index in [2.05, 4.69) is 298 Å². The number of rotatable bonds is 7. The number of nitrogens with zero attached hydrogens (tertiary/aromatic N) is 1. The maximum Gasteiger partial charge on any atom is 0.0465 e. The number of hydrogen-bond acceptors (Lipinski definition) is 1. The first kappa shape index (κ1) is 48.4. The lowest BCUT2D eigenvalue weighted by Gasteiger charge is -2.29. The van der Waals surface area contributed by atoms with Crippen LogP contribution < -0.4 is 4.90 Å². The van der Waals surface area contributed by atoms with Crippen molar-refractivity contribution in [1.29, 1.82) is 0 Å². The average Bonchev–Trinajstić information content (AvgIpc) is 4.08. The van der Waals surface area contributed by atoms with Gasteiger partial charge in [-0.2, -0.15) is 0 Å². The zero-order valence-electron chi connectivity index (χ0n) is 46.1. The van der Waals surface area contributed by atoms with Gasteiger partial charge in [0.2, 0.25) is 0 Å². The van der Waals surface area contributed by atoms with E-state index in [4.69, 9.17) is 0 Å². The van der Waals surface area contributed by atoms with Gasteiger partial charge in [-0.1, -0.05) is 255 Å². The molecule has 10 aromatic rings. The van der Waals surface area contributed by atoms with E-state index in [1.54, 1.807) is 0 Å². The minimum absolute atomic E-state index is 0.0590. The van der Waals surface area contributed by atoms with Crippen molar-refractivity contribution in [3.8, 4) is 44.5 Å². The van der Waals surface area contributed by atoms with Crippen LogP contribution in [0.2, 0.25) is 0 Å². The van der Waals surface area contributed by atoms with Crippen LogP contribution in [0.4, 0.5) is 17.1 Å². The van der Waals surface area contributed by atoms with Crippen molar-refractivity contribution in [2.75, 3.05) is 4.90 Å². The van der Waals surface area contributed by atoms with Gasteiger partial charge in [0.15, 0.2) is 0 Å². The van der Waals surface area contributed by atoms with Gasteiger partial charge in [-0.05, 0) is 161 Å². The highest BCUT2D eigenvalue weighted by Crippen LogP contribution is 2.54. The highest BCUT2D eigenvalue weighted by molar-refractivity contribution is 5.89. The summed E-state index contributed by atoms with van der Waals surface area (Å²) in [7, 11) is 0. The van der Waals surface area contributed by atoms with E-state index in [0.29, 0.717) is 0 Å². The Morgan fingerprint density at radius 2 is 0.571 bits per heavy atom. The molecule has 10 aromatic carbocycles. The van der Waals surface area contributed by atoms with Gasteiger partial charge in [-0.3, -0.25) is 0 Å². The average molecular weight is 994 g/mol. The molecule has 77 heavy (non-hydrogen) atoms. The van der Waals surface area contributed by atoms with Crippen molar-refractivity contribution < 1.29 is 0 Å². The number of fused-ring (bicyclic) bond motifs is 12. The Kier molecular flexibility index (Phi) is 11.3. The molecule has 0 fully saturated rings. The molecule has 14 rings (SSSR count). The van der Waals surface area contributed by atoms with Crippen molar-refractivity contribution in [3.63, 3.8) is 0 Å². The van der Waals surface area contributed by atoms with E-state index in [9.17, 15) is 0 Å². The summed E-state index contributed by atoms with van der Waals surface area (Å²) in [5.41, 5.74) is 32.3. The maximum atomic E-state index is 2.45. The van der Waals surface area contributed by atoms with Crippen LogP contribution in [0.1, 0.15) is 128 Å². The Labute approximate surface area is 457 Å². The molecule has 0 unspecified atom stereocenters. The topological polar surface area (TPSA) is 3.24 Å². The lowest BCUT2D eigenvalue weighted by atomic mass is 9.81. The van der Waals surface area contributed by atoms with Crippen molar-refractivity contribution in [3.05, 3.63) is 291 Å². The molecule has 0 amide bonds. The highest BCUT2D eigenvalue weighted by Gasteiger charge is 2.39. The molecule has 0 aliphatic heterocycles. The molecule has 0 aromatic heterocycles. The largest absolute Gasteiger partial charge is 0.310 e. The summed E-state index contributed by atoms with van der Waals surface area (Å²) >= 11 is 0. The van der Waals surface area contributed by atoms with Crippen LogP contribution in [0.15, 0.2) is 218 Å². The molecule has 0 saturated heterocycles. The zero-order chi connectivity index (χ0) is 53.0. The number of benzene rings is 10. The summed E-state index contributed by atoms with van der Waals surface area (Å²) < 4.78 is 0. The Balaban J connectivity index is 0.000000158. The quantitative estimate of drug-likeness (QED) is 0.144. The molecule has 0 radical (unpaired) electrons. The molecule has 0 N–H and O–H groups in total. The third kappa shape index (κ3) is 7.88. The van der Waals surface area contributed by atoms with Gasteiger partial charge in [0.1, 0.15) is 0 Å².